The van der Waals surface area contributed by atoms with E-state index in [9.17, 15) is 9.59 Å². The Hall–Kier alpha value is -1.61. The van der Waals surface area contributed by atoms with Crippen LogP contribution in [0.2, 0.25) is 0 Å². The molecule has 0 aromatic heterocycles. The Morgan fingerprint density at radius 1 is 1.33 bits per heavy atom. The minimum atomic E-state index is -0.566. The normalized spacial score (nSPS) is 14.5. The number of Topliss-reactive ketones (excluding diaryl/α,β-unsaturated/α-hetero) is 1. The molecule has 1 heterocycles. The summed E-state index contributed by atoms with van der Waals surface area (Å²) in [5.74, 6) is -0.628. The van der Waals surface area contributed by atoms with E-state index in [0.29, 0.717) is 17.1 Å². The van der Waals surface area contributed by atoms with Gasteiger partial charge in [0.15, 0.2) is 0 Å². The highest BCUT2D eigenvalue weighted by atomic mass is 35.5. The van der Waals surface area contributed by atoms with Crippen molar-refractivity contribution in [2.24, 2.45) is 0 Å². The number of rotatable bonds is 2. The molecule has 0 spiro atoms. The molecule has 0 radical (unpaired) electrons. The fourth-order valence-electron chi connectivity index (χ4n) is 1.44. The Kier molecular flexibility index (Phi) is 2.56. The van der Waals surface area contributed by atoms with Crippen molar-refractivity contribution in [3.63, 3.8) is 0 Å². The summed E-state index contributed by atoms with van der Waals surface area (Å²) in [6.07, 6.45) is 3.58. The molecular formula is C11H8ClNO2. The van der Waals surface area contributed by atoms with Crippen LogP contribution in [0.25, 0.3) is 6.08 Å². The van der Waals surface area contributed by atoms with E-state index in [0.717, 1.165) is 5.56 Å². The van der Waals surface area contributed by atoms with Crippen molar-refractivity contribution >= 4 is 35.1 Å². The lowest BCUT2D eigenvalue weighted by Gasteiger charge is -1.97. The summed E-state index contributed by atoms with van der Waals surface area (Å²) in [5.41, 5.74) is 1.86. The van der Waals surface area contributed by atoms with Crippen LogP contribution in [0.4, 0.5) is 5.69 Å². The molecule has 1 amide bonds. The highest BCUT2D eigenvalue weighted by Gasteiger charge is 2.27. The van der Waals surface area contributed by atoms with Crippen LogP contribution in [0, 0.1) is 0 Å². The second-order valence-electron chi connectivity index (χ2n) is 3.14. The number of halogens is 1. The number of allylic oxidation sites excluding steroid dienone is 1. The smallest absolute Gasteiger partial charge is 0.296 e. The van der Waals surface area contributed by atoms with Gasteiger partial charge in [-0.1, -0.05) is 18.2 Å². The van der Waals surface area contributed by atoms with Gasteiger partial charge < -0.3 is 5.32 Å². The number of anilines is 1. The molecule has 0 saturated heterocycles. The van der Waals surface area contributed by atoms with E-state index in [1.807, 2.05) is 12.1 Å². The van der Waals surface area contributed by atoms with Crippen molar-refractivity contribution in [2.45, 2.75) is 0 Å². The maximum absolute atomic E-state index is 11.4. The predicted molar refractivity (Wildman–Crippen MR) is 59.2 cm³/mol. The van der Waals surface area contributed by atoms with Gasteiger partial charge in [0, 0.05) is 5.88 Å². The van der Waals surface area contributed by atoms with Crippen LogP contribution in [-0.2, 0) is 4.79 Å². The molecule has 0 atom stereocenters. The summed E-state index contributed by atoms with van der Waals surface area (Å²) in [6.45, 7) is 0. The third-order valence-electron chi connectivity index (χ3n) is 2.14. The van der Waals surface area contributed by atoms with E-state index < -0.39 is 11.7 Å². The largest absolute Gasteiger partial charge is 0.318 e. The van der Waals surface area contributed by atoms with E-state index in [1.165, 1.54) is 0 Å². The van der Waals surface area contributed by atoms with Gasteiger partial charge in [0.1, 0.15) is 0 Å². The average molecular weight is 222 g/mol. The van der Waals surface area contributed by atoms with Crippen LogP contribution < -0.4 is 5.32 Å². The van der Waals surface area contributed by atoms with Crippen LogP contribution in [0.15, 0.2) is 24.3 Å². The molecule has 0 aliphatic carbocycles. The molecule has 76 valence electrons. The van der Waals surface area contributed by atoms with Crippen LogP contribution in [-0.4, -0.2) is 17.6 Å². The molecule has 15 heavy (non-hydrogen) atoms. The van der Waals surface area contributed by atoms with Gasteiger partial charge in [0.25, 0.3) is 11.7 Å². The molecule has 0 unspecified atom stereocenters. The van der Waals surface area contributed by atoms with Gasteiger partial charge in [-0.15, -0.1) is 11.6 Å². The fraction of sp³-hybridized carbons (Fsp3) is 0.0909. The lowest BCUT2D eigenvalue weighted by molar-refractivity contribution is -0.112. The zero-order chi connectivity index (χ0) is 10.8. The maximum Gasteiger partial charge on any atom is 0.296 e. The highest BCUT2D eigenvalue weighted by molar-refractivity contribution is 6.51. The van der Waals surface area contributed by atoms with E-state index in [4.69, 9.17) is 11.6 Å². The second kappa shape index (κ2) is 3.87. The first-order chi connectivity index (χ1) is 7.22. The van der Waals surface area contributed by atoms with Gasteiger partial charge in [-0.05, 0) is 17.7 Å². The third-order valence-corrected chi connectivity index (χ3v) is 2.32. The Labute approximate surface area is 91.7 Å². The van der Waals surface area contributed by atoms with Gasteiger partial charge in [0.2, 0.25) is 0 Å². The molecule has 0 fully saturated rings. The molecule has 1 aromatic carbocycles. The highest BCUT2D eigenvalue weighted by Crippen LogP contribution is 2.24. The zero-order valence-electron chi connectivity index (χ0n) is 7.79. The summed E-state index contributed by atoms with van der Waals surface area (Å²) >= 11 is 5.50. The Balaban J connectivity index is 2.39. The third kappa shape index (κ3) is 1.78. The Bertz CT molecular complexity index is 466. The van der Waals surface area contributed by atoms with Crippen molar-refractivity contribution in [3.05, 3.63) is 35.4 Å². The number of amides is 1. The van der Waals surface area contributed by atoms with Crippen molar-refractivity contribution < 1.29 is 9.59 Å². The number of ketones is 1. The first-order valence-corrected chi connectivity index (χ1v) is 4.98. The lowest BCUT2D eigenvalue weighted by atomic mass is 10.1. The summed E-state index contributed by atoms with van der Waals surface area (Å²) in [6, 6.07) is 5.21. The molecule has 0 saturated carbocycles. The topological polar surface area (TPSA) is 46.2 Å². The maximum atomic E-state index is 11.4. The summed E-state index contributed by atoms with van der Waals surface area (Å²) in [5, 5.41) is 2.49. The fourth-order valence-corrected chi connectivity index (χ4v) is 1.53. The Morgan fingerprint density at radius 2 is 2.13 bits per heavy atom. The minimum Gasteiger partial charge on any atom is -0.318 e. The number of benzene rings is 1. The molecular weight excluding hydrogens is 214 g/mol. The van der Waals surface area contributed by atoms with Crippen LogP contribution in [0.3, 0.4) is 0 Å². The molecule has 4 heteroatoms. The van der Waals surface area contributed by atoms with Crippen molar-refractivity contribution in [3.8, 4) is 0 Å². The van der Waals surface area contributed by atoms with Gasteiger partial charge in [0.05, 0.1) is 11.3 Å². The first-order valence-electron chi connectivity index (χ1n) is 4.44. The number of hydrogen-bond donors (Lipinski definition) is 1. The SMILES string of the molecule is O=C1Nc2ccc(C=CCCl)cc2C1=O. The van der Waals surface area contributed by atoms with E-state index in [2.05, 4.69) is 5.32 Å². The van der Waals surface area contributed by atoms with Crippen LogP contribution in [0.1, 0.15) is 15.9 Å². The van der Waals surface area contributed by atoms with Crippen molar-refractivity contribution in [2.75, 3.05) is 11.2 Å². The predicted octanol–water partition coefficient (Wildman–Crippen LogP) is 2.07. The van der Waals surface area contributed by atoms with Crippen molar-refractivity contribution in [1.29, 1.82) is 0 Å². The van der Waals surface area contributed by atoms with E-state index in [-0.39, 0.29) is 0 Å². The number of alkyl halides is 1. The Morgan fingerprint density at radius 3 is 2.87 bits per heavy atom. The number of fused-ring (bicyclic) bond motifs is 1. The van der Waals surface area contributed by atoms with Gasteiger partial charge in [-0.25, -0.2) is 0 Å². The monoisotopic (exact) mass is 221 g/mol. The van der Waals surface area contributed by atoms with Gasteiger partial charge >= 0.3 is 0 Å². The molecule has 1 N–H and O–H groups in total. The molecule has 2 rings (SSSR count). The lowest BCUT2D eigenvalue weighted by Crippen LogP contribution is -2.12. The molecule has 1 aliphatic rings. The number of carbonyl (C=O) groups is 2. The van der Waals surface area contributed by atoms with Crippen molar-refractivity contribution in [1.82, 2.24) is 0 Å². The summed E-state index contributed by atoms with van der Waals surface area (Å²) < 4.78 is 0. The quantitative estimate of drug-likeness (QED) is 0.614. The zero-order valence-corrected chi connectivity index (χ0v) is 8.54. The number of hydrogen-bond acceptors (Lipinski definition) is 2. The average Bonchev–Trinajstić information content (AvgIpc) is 2.52. The minimum absolute atomic E-state index is 0.419. The van der Waals surface area contributed by atoms with Crippen LogP contribution >= 0.6 is 11.6 Å². The van der Waals surface area contributed by atoms with Gasteiger partial charge in [-0.2, -0.15) is 0 Å². The number of nitrogens with one attached hydrogen (secondary N) is 1. The molecule has 0 bridgehead atoms. The first kappa shape index (κ1) is 9.93. The van der Waals surface area contributed by atoms with Gasteiger partial charge in [-0.3, -0.25) is 9.59 Å². The summed E-state index contributed by atoms with van der Waals surface area (Å²) in [7, 11) is 0. The van der Waals surface area contributed by atoms with Crippen LogP contribution in [0.5, 0.6) is 0 Å². The number of carbonyl (C=O) groups excluding carboxylic acids is 2. The second-order valence-corrected chi connectivity index (χ2v) is 3.45. The molecule has 3 nitrogen and oxygen atoms in total. The standard InChI is InChI=1S/C11H8ClNO2/c12-5-1-2-7-3-4-9-8(6-7)10(14)11(15)13-9/h1-4,6H,5H2,(H,13,14,15). The molecule has 1 aromatic rings. The summed E-state index contributed by atoms with van der Waals surface area (Å²) in [4.78, 5) is 22.4. The van der Waals surface area contributed by atoms with E-state index >= 15 is 0 Å². The van der Waals surface area contributed by atoms with E-state index in [1.54, 1.807) is 18.2 Å². The molecule has 1 aliphatic heterocycles.